The summed E-state index contributed by atoms with van der Waals surface area (Å²) < 4.78 is 5.04. The lowest BCUT2D eigenvalue weighted by Crippen LogP contribution is -2.31. The summed E-state index contributed by atoms with van der Waals surface area (Å²) in [4.78, 5) is 11.1. The van der Waals surface area contributed by atoms with Crippen LogP contribution < -0.4 is 11.1 Å². The van der Waals surface area contributed by atoms with Crippen molar-refractivity contribution in [2.24, 2.45) is 5.73 Å². The normalized spacial score (nSPS) is 10.8. The molecule has 0 aromatic heterocycles. The maximum absolute atomic E-state index is 11.1. The van der Waals surface area contributed by atoms with E-state index in [1.54, 1.807) is 0 Å². The van der Waals surface area contributed by atoms with Crippen molar-refractivity contribution in [3.05, 3.63) is 6.42 Å². The molecule has 5 heteroatoms. The molecule has 5 nitrogen and oxygen atoms in total. The molecule has 81 valence electrons. The van der Waals surface area contributed by atoms with Crippen molar-refractivity contribution >= 4 is 11.9 Å². The molecular formula is C9H18N3O2. The number of esters is 1. The monoisotopic (exact) mass is 200 g/mol. The Bertz CT molecular complexity index is 209. The van der Waals surface area contributed by atoms with E-state index in [1.807, 2.05) is 20.8 Å². The van der Waals surface area contributed by atoms with Crippen LogP contribution in [0.1, 0.15) is 27.2 Å². The Balaban J connectivity index is 3.50. The molecule has 0 saturated heterocycles. The molecule has 14 heavy (non-hydrogen) atoms. The van der Waals surface area contributed by atoms with Crippen LogP contribution in [0, 0.1) is 11.8 Å². The molecule has 0 aliphatic carbocycles. The first kappa shape index (κ1) is 12.7. The highest BCUT2D eigenvalue weighted by molar-refractivity contribution is 5.79. The summed E-state index contributed by atoms with van der Waals surface area (Å²) in [5.41, 5.74) is 4.60. The second-order valence-electron chi connectivity index (χ2n) is 3.87. The van der Waals surface area contributed by atoms with E-state index >= 15 is 0 Å². The first-order chi connectivity index (χ1) is 6.31. The van der Waals surface area contributed by atoms with E-state index in [4.69, 9.17) is 15.9 Å². The average Bonchev–Trinajstić information content (AvgIpc) is 1.94. The van der Waals surface area contributed by atoms with Crippen LogP contribution in [0.3, 0.4) is 0 Å². The third kappa shape index (κ3) is 8.83. The van der Waals surface area contributed by atoms with Crippen molar-refractivity contribution in [3.63, 3.8) is 0 Å². The lowest BCUT2D eigenvalue weighted by atomic mass is 10.2. The number of carbonyl (C=O) groups excluding carboxylic acids is 1. The zero-order valence-corrected chi connectivity index (χ0v) is 8.89. The Morgan fingerprint density at radius 2 is 2.14 bits per heavy atom. The highest BCUT2D eigenvalue weighted by atomic mass is 16.6. The largest absolute Gasteiger partial charge is 0.460 e. The summed E-state index contributed by atoms with van der Waals surface area (Å²) >= 11 is 0. The number of guanidine groups is 1. The first-order valence-corrected chi connectivity index (χ1v) is 4.45. The first-order valence-electron chi connectivity index (χ1n) is 4.45. The Morgan fingerprint density at radius 1 is 1.57 bits per heavy atom. The van der Waals surface area contributed by atoms with Gasteiger partial charge in [0, 0.05) is 6.54 Å². The van der Waals surface area contributed by atoms with Crippen LogP contribution >= 0.6 is 0 Å². The van der Waals surface area contributed by atoms with E-state index < -0.39 is 5.60 Å². The number of hydrogen-bond acceptors (Lipinski definition) is 3. The molecule has 0 atom stereocenters. The van der Waals surface area contributed by atoms with Gasteiger partial charge in [-0.25, -0.2) is 0 Å². The summed E-state index contributed by atoms with van der Waals surface area (Å²) in [6.45, 7) is 5.90. The molecule has 0 heterocycles. The summed E-state index contributed by atoms with van der Waals surface area (Å²) in [5, 5.41) is 9.45. The number of rotatable bonds is 4. The fourth-order valence-corrected chi connectivity index (χ4v) is 0.740. The second kappa shape index (κ2) is 5.47. The SMILES string of the molecule is CC(C)(C)OC(=O)[CH]CCNC(=N)N. The van der Waals surface area contributed by atoms with Gasteiger partial charge in [-0.15, -0.1) is 0 Å². The van der Waals surface area contributed by atoms with E-state index in [2.05, 4.69) is 5.32 Å². The van der Waals surface area contributed by atoms with Gasteiger partial charge in [-0.3, -0.25) is 10.2 Å². The van der Waals surface area contributed by atoms with E-state index in [1.165, 1.54) is 6.42 Å². The molecule has 0 saturated carbocycles. The van der Waals surface area contributed by atoms with Crippen LogP contribution in [0.4, 0.5) is 0 Å². The van der Waals surface area contributed by atoms with Gasteiger partial charge >= 0.3 is 5.97 Å². The van der Waals surface area contributed by atoms with Crippen LogP contribution in [-0.4, -0.2) is 24.1 Å². The van der Waals surface area contributed by atoms with Gasteiger partial charge in [-0.2, -0.15) is 0 Å². The molecule has 0 aromatic rings. The molecule has 0 unspecified atom stereocenters. The van der Waals surface area contributed by atoms with Crippen LogP contribution in [0.15, 0.2) is 0 Å². The predicted octanol–water partition coefficient (Wildman–Crippen LogP) is 0.406. The zero-order valence-electron chi connectivity index (χ0n) is 8.89. The number of ether oxygens (including phenoxy) is 1. The summed E-state index contributed by atoms with van der Waals surface area (Å²) in [7, 11) is 0. The average molecular weight is 200 g/mol. The van der Waals surface area contributed by atoms with Gasteiger partial charge in [0.05, 0.1) is 6.42 Å². The molecule has 1 radical (unpaired) electrons. The van der Waals surface area contributed by atoms with E-state index in [9.17, 15) is 4.79 Å². The van der Waals surface area contributed by atoms with Crippen molar-refractivity contribution in [2.45, 2.75) is 32.8 Å². The third-order valence-corrected chi connectivity index (χ3v) is 1.18. The Morgan fingerprint density at radius 3 is 2.57 bits per heavy atom. The third-order valence-electron chi connectivity index (χ3n) is 1.18. The molecule has 0 aliphatic rings. The Hall–Kier alpha value is -1.26. The van der Waals surface area contributed by atoms with Crippen molar-refractivity contribution in [1.82, 2.24) is 5.32 Å². The predicted molar refractivity (Wildman–Crippen MR) is 54.7 cm³/mol. The van der Waals surface area contributed by atoms with Crippen LogP contribution in [0.5, 0.6) is 0 Å². The van der Waals surface area contributed by atoms with Crippen LogP contribution in [-0.2, 0) is 9.53 Å². The maximum Gasteiger partial charge on any atom is 0.310 e. The van der Waals surface area contributed by atoms with Gasteiger partial charge in [0.2, 0.25) is 0 Å². The van der Waals surface area contributed by atoms with Crippen molar-refractivity contribution in [3.8, 4) is 0 Å². The standard InChI is InChI=1S/C9H18N3O2/c1-9(2,3)14-7(13)5-4-6-12-8(10)11/h5H,4,6H2,1-3H3,(H4,10,11,12). The fourth-order valence-electron chi connectivity index (χ4n) is 0.740. The summed E-state index contributed by atoms with van der Waals surface area (Å²) in [5.74, 6) is -0.439. The molecule has 0 bridgehead atoms. The molecule has 0 amide bonds. The molecule has 0 rings (SSSR count). The minimum atomic E-state index is -0.457. The van der Waals surface area contributed by atoms with Gasteiger partial charge in [0.1, 0.15) is 5.60 Å². The van der Waals surface area contributed by atoms with E-state index in [0.29, 0.717) is 13.0 Å². The van der Waals surface area contributed by atoms with E-state index in [-0.39, 0.29) is 11.9 Å². The second-order valence-corrected chi connectivity index (χ2v) is 3.87. The highest BCUT2D eigenvalue weighted by Gasteiger charge is 2.15. The minimum Gasteiger partial charge on any atom is -0.460 e. The van der Waals surface area contributed by atoms with Crippen LogP contribution in [0.2, 0.25) is 0 Å². The Kier molecular flexibility index (Phi) is 4.97. The van der Waals surface area contributed by atoms with Gasteiger partial charge < -0.3 is 15.8 Å². The minimum absolute atomic E-state index is 0.0948. The smallest absolute Gasteiger partial charge is 0.310 e. The van der Waals surface area contributed by atoms with Crippen molar-refractivity contribution in [2.75, 3.05) is 6.54 Å². The maximum atomic E-state index is 11.1. The van der Waals surface area contributed by atoms with E-state index in [0.717, 1.165) is 0 Å². The fraction of sp³-hybridized carbons (Fsp3) is 0.667. The molecule has 0 aromatic carbocycles. The molecule has 0 fully saturated rings. The van der Waals surface area contributed by atoms with Gasteiger partial charge in [-0.05, 0) is 27.2 Å². The van der Waals surface area contributed by atoms with Crippen LogP contribution in [0.25, 0.3) is 0 Å². The lowest BCUT2D eigenvalue weighted by Gasteiger charge is -2.19. The zero-order chi connectivity index (χ0) is 11.2. The molecular weight excluding hydrogens is 182 g/mol. The topological polar surface area (TPSA) is 88.2 Å². The lowest BCUT2D eigenvalue weighted by molar-refractivity contribution is -0.150. The molecule has 0 aliphatic heterocycles. The quantitative estimate of drug-likeness (QED) is 0.265. The number of nitrogens with two attached hydrogens (primary N) is 1. The van der Waals surface area contributed by atoms with Crippen molar-refractivity contribution in [1.29, 1.82) is 5.41 Å². The number of nitrogens with one attached hydrogen (secondary N) is 2. The number of hydrogen-bond donors (Lipinski definition) is 3. The molecule has 0 spiro atoms. The van der Waals surface area contributed by atoms with Gasteiger partial charge in [0.15, 0.2) is 5.96 Å². The highest BCUT2D eigenvalue weighted by Crippen LogP contribution is 2.08. The molecule has 4 N–H and O–H groups in total. The number of carbonyl (C=O) groups is 1. The van der Waals surface area contributed by atoms with Gasteiger partial charge in [0.25, 0.3) is 0 Å². The summed E-state index contributed by atoms with van der Waals surface area (Å²) in [6, 6.07) is 0. The summed E-state index contributed by atoms with van der Waals surface area (Å²) in [6.07, 6.45) is 1.93. The van der Waals surface area contributed by atoms with Gasteiger partial charge in [-0.1, -0.05) is 0 Å². The van der Waals surface area contributed by atoms with Crippen molar-refractivity contribution < 1.29 is 9.53 Å². The Labute approximate surface area is 84.5 Å².